The summed E-state index contributed by atoms with van der Waals surface area (Å²) in [6.07, 6.45) is 0.850. The van der Waals surface area contributed by atoms with Crippen LogP contribution in [-0.4, -0.2) is 41.9 Å². The Bertz CT molecular complexity index is 417. The number of methoxy groups -OCH3 is 1. The molecule has 2 rings (SSSR count). The predicted molar refractivity (Wildman–Crippen MR) is 57.4 cm³/mol. The second-order valence-corrected chi connectivity index (χ2v) is 3.94. The number of likely N-dealkylation sites (tertiary alicyclic amines) is 1. The van der Waals surface area contributed by atoms with Crippen LogP contribution in [0.5, 0.6) is 0 Å². The lowest BCUT2D eigenvalue weighted by Gasteiger charge is -2.24. The lowest BCUT2D eigenvalue weighted by molar-refractivity contribution is -0.120. The van der Waals surface area contributed by atoms with Gasteiger partial charge in [0.15, 0.2) is 11.5 Å². The van der Waals surface area contributed by atoms with E-state index in [0.717, 1.165) is 0 Å². The van der Waals surface area contributed by atoms with E-state index in [4.69, 9.17) is 9.26 Å². The predicted octanol–water partition coefficient (Wildman–Crippen LogP) is 0.626. The molecule has 1 aliphatic heterocycles. The van der Waals surface area contributed by atoms with Gasteiger partial charge in [0.1, 0.15) is 12.4 Å². The topological polar surface area (TPSA) is 72.6 Å². The van der Waals surface area contributed by atoms with Crippen molar-refractivity contribution in [1.82, 2.24) is 10.1 Å². The van der Waals surface area contributed by atoms with Gasteiger partial charge in [-0.3, -0.25) is 9.59 Å². The minimum absolute atomic E-state index is 0.191. The van der Waals surface area contributed by atoms with Crippen LogP contribution in [0.3, 0.4) is 0 Å². The van der Waals surface area contributed by atoms with Gasteiger partial charge in [0, 0.05) is 39.1 Å². The van der Waals surface area contributed by atoms with Gasteiger partial charge in [0.05, 0.1) is 0 Å². The van der Waals surface area contributed by atoms with Crippen LogP contribution < -0.4 is 0 Å². The first-order valence-electron chi connectivity index (χ1n) is 5.46. The molecule has 1 fully saturated rings. The summed E-state index contributed by atoms with van der Waals surface area (Å²) < 4.78 is 9.83. The molecule has 2 heterocycles. The van der Waals surface area contributed by atoms with Gasteiger partial charge < -0.3 is 14.2 Å². The van der Waals surface area contributed by atoms with Gasteiger partial charge in [-0.15, -0.1) is 0 Å². The van der Waals surface area contributed by atoms with Crippen molar-refractivity contribution in [3.05, 3.63) is 17.5 Å². The number of hydrogen-bond donors (Lipinski definition) is 0. The molecule has 1 amide bonds. The first-order chi connectivity index (χ1) is 8.20. The average Bonchev–Trinajstić information content (AvgIpc) is 2.78. The quantitative estimate of drug-likeness (QED) is 0.772. The summed E-state index contributed by atoms with van der Waals surface area (Å²) in [5.41, 5.74) is 0.270. The third-order valence-corrected chi connectivity index (χ3v) is 2.67. The third kappa shape index (κ3) is 2.71. The second-order valence-electron chi connectivity index (χ2n) is 3.94. The highest BCUT2D eigenvalue weighted by molar-refractivity contribution is 5.93. The van der Waals surface area contributed by atoms with Gasteiger partial charge in [-0.1, -0.05) is 5.16 Å². The Labute approximate surface area is 98.5 Å². The van der Waals surface area contributed by atoms with Crippen molar-refractivity contribution in [2.75, 3.05) is 20.2 Å². The van der Waals surface area contributed by atoms with E-state index >= 15 is 0 Å². The number of rotatable bonds is 3. The normalized spacial score (nSPS) is 16.3. The van der Waals surface area contributed by atoms with E-state index in [0.29, 0.717) is 38.3 Å². The van der Waals surface area contributed by atoms with Gasteiger partial charge in [0.2, 0.25) is 0 Å². The monoisotopic (exact) mass is 238 g/mol. The summed E-state index contributed by atoms with van der Waals surface area (Å²) in [7, 11) is 1.54. The molecular weight excluding hydrogens is 224 g/mol. The number of carbonyl (C=O) groups is 2. The van der Waals surface area contributed by atoms with E-state index in [9.17, 15) is 9.59 Å². The number of piperidine rings is 1. The summed E-state index contributed by atoms with van der Waals surface area (Å²) >= 11 is 0. The highest BCUT2D eigenvalue weighted by Gasteiger charge is 2.24. The first kappa shape index (κ1) is 11.8. The standard InChI is InChI=1S/C11H14N2O4/c1-16-7-9-6-10(12-17-9)11(15)13-4-2-8(14)3-5-13/h6H,2-5,7H2,1H3. The zero-order valence-electron chi connectivity index (χ0n) is 9.64. The summed E-state index contributed by atoms with van der Waals surface area (Å²) in [4.78, 5) is 24.7. The molecule has 17 heavy (non-hydrogen) atoms. The number of carbonyl (C=O) groups excluding carboxylic acids is 2. The number of aromatic nitrogens is 1. The van der Waals surface area contributed by atoms with Crippen LogP contribution in [0.15, 0.2) is 10.6 Å². The number of amides is 1. The summed E-state index contributed by atoms with van der Waals surface area (Å²) in [5, 5.41) is 3.70. The number of hydrogen-bond acceptors (Lipinski definition) is 5. The second kappa shape index (κ2) is 5.09. The van der Waals surface area contributed by atoms with Crippen LogP contribution in [0, 0.1) is 0 Å². The average molecular weight is 238 g/mol. The van der Waals surface area contributed by atoms with Crippen LogP contribution in [0.2, 0.25) is 0 Å². The maximum absolute atomic E-state index is 12.0. The van der Waals surface area contributed by atoms with Gasteiger partial charge in [-0.2, -0.15) is 0 Å². The highest BCUT2D eigenvalue weighted by Crippen LogP contribution is 2.12. The molecule has 92 valence electrons. The number of nitrogens with zero attached hydrogens (tertiary/aromatic N) is 2. The van der Waals surface area contributed by atoms with Crippen molar-refractivity contribution >= 4 is 11.7 Å². The molecular formula is C11H14N2O4. The van der Waals surface area contributed by atoms with Crippen molar-refractivity contribution in [2.45, 2.75) is 19.4 Å². The Kier molecular flexibility index (Phi) is 3.53. The maximum Gasteiger partial charge on any atom is 0.276 e. The zero-order valence-corrected chi connectivity index (χ0v) is 9.64. The van der Waals surface area contributed by atoms with Crippen molar-refractivity contribution < 1.29 is 18.8 Å². The van der Waals surface area contributed by atoms with Crippen LogP contribution in [0.25, 0.3) is 0 Å². The van der Waals surface area contributed by atoms with Crippen molar-refractivity contribution in [3.63, 3.8) is 0 Å². The van der Waals surface area contributed by atoms with Crippen LogP contribution in [-0.2, 0) is 16.1 Å². The molecule has 0 aliphatic carbocycles. The van der Waals surface area contributed by atoms with Gasteiger partial charge >= 0.3 is 0 Å². The van der Waals surface area contributed by atoms with E-state index in [1.807, 2.05) is 0 Å². The van der Waals surface area contributed by atoms with Crippen LogP contribution >= 0.6 is 0 Å². The van der Waals surface area contributed by atoms with Crippen LogP contribution in [0.1, 0.15) is 29.1 Å². The number of ether oxygens (including phenoxy) is 1. The fourth-order valence-electron chi connectivity index (χ4n) is 1.75. The Morgan fingerprint density at radius 2 is 2.24 bits per heavy atom. The smallest absolute Gasteiger partial charge is 0.276 e. The van der Waals surface area contributed by atoms with E-state index in [2.05, 4.69) is 5.16 Å². The molecule has 0 N–H and O–H groups in total. The third-order valence-electron chi connectivity index (χ3n) is 2.67. The summed E-state index contributed by atoms with van der Waals surface area (Å²) in [5.74, 6) is 0.529. The summed E-state index contributed by atoms with van der Waals surface area (Å²) in [6, 6.07) is 1.57. The van der Waals surface area contributed by atoms with E-state index in [1.54, 1.807) is 18.1 Å². The molecule has 0 unspecified atom stereocenters. The summed E-state index contributed by atoms with van der Waals surface area (Å²) in [6.45, 7) is 1.22. The molecule has 0 bridgehead atoms. The molecule has 1 aliphatic rings. The van der Waals surface area contributed by atoms with E-state index < -0.39 is 0 Å². The van der Waals surface area contributed by atoms with E-state index in [-0.39, 0.29) is 17.4 Å². The van der Waals surface area contributed by atoms with Crippen molar-refractivity contribution in [3.8, 4) is 0 Å². The van der Waals surface area contributed by atoms with Gasteiger partial charge in [-0.05, 0) is 0 Å². The SMILES string of the molecule is COCc1cc(C(=O)N2CCC(=O)CC2)no1. The minimum Gasteiger partial charge on any atom is -0.377 e. The molecule has 0 spiro atoms. The van der Waals surface area contributed by atoms with E-state index in [1.165, 1.54) is 0 Å². The van der Waals surface area contributed by atoms with Crippen molar-refractivity contribution in [2.24, 2.45) is 0 Å². The fourth-order valence-corrected chi connectivity index (χ4v) is 1.75. The molecule has 1 saturated heterocycles. The molecule has 6 heteroatoms. The largest absolute Gasteiger partial charge is 0.377 e. The maximum atomic E-state index is 12.0. The molecule has 0 atom stereocenters. The Balaban J connectivity index is 2.01. The molecule has 1 aromatic rings. The number of Topliss-reactive ketones (excluding diaryl/α,β-unsaturated/α-hetero) is 1. The Morgan fingerprint density at radius 3 is 2.88 bits per heavy atom. The van der Waals surface area contributed by atoms with Crippen LogP contribution in [0.4, 0.5) is 0 Å². The molecule has 0 aromatic carbocycles. The molecule has 0 saturated carbocycles. The minimum atomic E-state index is -0.191. The lowest BCUT2D eigenvalue weighted by Crippen LogP contribution is -2.38. The van der Waals surface area contributed by atoms with Gasteiger partial charge in [-0.25, -0.2) is 0 Å². The Hall–Kier alpha value is -1.69. The molecule has 0 radical (unpaired) electrons. The lowest BCUT2D eigenvalue weighted by atomic mass is 10.1. The molecule has 1 aromatic heterocycles. The zero-order chi connectivity index (χ0) is 12.3. The fraction of sp³-hybridized carbons (Fsp3) is 0.545. The highest BCUT2D eigenvalue weighted by atomic mass is 16.5. The number of ketones is 1. The van der Waals surface area contributed by atoms with Gasteiger partial charge in [0.25, 0.3) is 5.91 Å². The first-order valence-corrected chi connectivity index (χ1v) is 5.46. The Morgan fingerprint density at radius 1 is 1.53 bits per heavy atom. The molecule has 6 nitrogen and oxygen atoms in total. The van der Waals surface area contributed by atoms with Crippen molar-refractivity contribution in [1.29, 1.82) is 0 Å².